The number of primary amides is 1. The van der Waals surface area contributed by atoms with Crippen molar-refractivity contribution in [1.82, 2.24) is 9.97 Å². The fourth-order valence-electron chi connectivity index (χ4n) is 5.61. The lowest BCUT2D eigenvalue weighted by Gasteiger charge is -2.27. The molecule has 1 amide bonds. The zero-order valence-electron chi connectivity index (χ0n) is 20.7. The van der Waals surface area contributed by atoms with Crippen LogP contribution in [0.15, 0.2) is 94.7 Å². The van der Waals surface area contributed by atoms with E-state index in [1.807, 2.05) is 60.7 Å². The van der Waals surface area contributed by atoms with E-state index < -0.39 is 0 Å². The number of amides is 1. The second-order valence-electron chi connectivity index (χ2n) is 9.79. The van der Waals surface area contributed by atoms with Crippen LogP contribution in [-0.4, -0.2) is 27.0 Å². The van der Waals surface area contributed by atoms with Gasteiger partial charge >= 0.3 is 0 Å². The summed E-state index contributed by atoms with van der Waals surface area (Å²) in [6.07, 6.45) is 5.25. The lowest BCUT2D eigenvalue weighted by Crippen LogP contribution is -2.41. The maximum absolute atomic E-state index is 12.3. The van der Waals surface area contributed by atoms with Crippen molar-refractivity contribution in [2.24, 2.45) is 23.5 Å². The summed E-state index contributed by atoms with van der Waals surface area (Å²) in [6, 6.07) is 23.9. The van der Waals surface area contributed by atoms with Crippen LogP contribution in [0.2, 0.25) is 0 Å². The zero-order valence-corrected chi connectivity index (χ0v) is 21.6. The molecule has 0 spiro atoms. The Morgan fingerprint density at radius 2 is 1.61 bits per heavy atom. The number of benzene rings is 3. The molecule has 1 saturated carbocycles. The Morgan fingerprint density at radius 3 is 2.39 bits per heavy atom. The van der Waals surface area contributed by atoms with Gasteiger partial charge in [-0.05, 0) is 53.6 Å². The highest BCUT2D eigenvalue weighted by molar-refractivity contribution is 7.99. The summed E-state index contributed by atoms with van der Waals surface area (Å²) < 4.78 is 0. The Labute approximate surface area is 225 Å². The van der Waals surface area contributed by atoms with Gasteiger partial charge in [0.25, 0.3) is 0 Å². The van der Waals surface area contributed by atoms with Gasteiger partial charge in [0.1, 0.15) is 5.82 Å². The molecule has 4 aromatic rings. The predicted molar refractivity (Wildman–Crippen MR) is 151 cm³/mol. The molecule has 4 atom stereocenters. The van der Waals surface area contributed by atoms with E-state index in [2.05, 4.69) is 34.9 Å². The lowest BCUT2D eigenvalue weighted by molar-refractivity contribution is -0.122. The highest BCUT2D eigenvalue weighted by Gasteiger charge is 2.47. The molecule has 2 aliphatic rings. The number of fused-ring (bicyclic) bond motifs is 3. The van der Waals surface area contributed by atoms with Crippen molar-refractivity contribution in [3.05, 3.63) is 96.1 Å². The van der Waals surface area contributed by atoms with Gasteiger partial charge in [0.05, 0.1) is 18.0 Å². The van der Waals surface area contributed by atoms with E-state index >= 15 is 0 Å². The number of aromatic nitrogens is 2. The fourth-order valence-corrected chi connectivity index (χ4v) is 6.67. The first-order chi connectivity index (χ1) is 18.6. The topological polar surface area (TPSA) is 113 Å². The molecule has 5 N–H and O–H groups in total. The summed E-state index contributed by atoms with van der Waals surface area (Å²) in [5.41, 5.74) is 8.62. The van der Waals surface area contributed by atoms with Crippen molar-refractivity contribution < 1.29 is 9.90 Å². The van der Waals surface area contributed by atoms with Gasteiger partial charge in [-0.15, -0.1) is 0 Å². The van der Waals surface area contributed by atoms with Crippen LogP contribution in [0.5, 0.6) is 0 Å². The van der Waals surface area contributed by atoms with Crippen LogP contribution < -0.4 is 16.4 Å². The highest BCUT2D eigenvalue weighted by Crippen LogP contribution is 2.45. The number of para-hydroxylation sites is 1. The van der Waals surface area contributed by atoms with E-state index in [-0.39, 0.29) is 36.3 Å². The average Bonchev–Trinajstić information content (AvgIpc) is 3.55. The van der Waals surface area contributed by atoms with Crippen molar-refractivity contribution >= 4 is 40.3 Å². The molecule has 2 unspecified atom stereocenters. The van der Waals surface area contributed by atoms with Gasteiger partial charge in [0, 0.05) is 27.8 Å². The molecule has 3 aromatic carbocycles. The molecule has 6 rings (SSSR count). The molecule has 1 fully saturated rings. The van der Waals surface area contributed by atoms with Crippen LogP contribution in [0.1, 0.15) is 17.5 Å². The van der Waals surface area contributed by atoms with Crippen molar-refractivity contribution in [3.8, 4) is 0 Å². The number of aliphatic hydroxyl groups is 1. The number of carbonyl (C=O) groups is 1. The van der Waals surface area contributed by atoms with E-state index in [0.717, 1.165) is 38.2 Å². The standard InChI is InChI=1S/C30H29N5O2S/c31-28(37)26-18-13-14-19(15-18)27(26)34-29-22-9-3-4-10-23(22)33-30(35-29)32-16-20-7-1-5-11-24(20)38-25-12-6-2-8-21(25)17-36/h1-14,18-19,26-27,36H,15-17H2,(H2,31,37)(H2,32,33,34,35)/t18?,19?,26-,27+/m1/s1. The molecule has 1 heterocycles. The third kappa shape index (κ3) is 4.73. The van der Waals surface area contributed by atoms with Crippen molar-refractivity contribution in [2.45, 2.75) is 35.4 Å². The van der Waals surface area contributed by atoms with Crippen LogP contribution in [0, 0.1) is 17.8 Å². The average molecular weight is 524 g/mol. The van der Waals surface area contributed by atoms with Crippen LogP contribution >= 0.6 is 11.8 Å². The second kappa shape index (κ2) is 10.5. The van der Waals surface area contributed by atoms with Crippen LogP contribution in [0.25, 0.3) is 10.9 Å². The number of nitrogens with one attached hydrogen (secondary N) is 2. The number of anilines is 2. The van der Waals surface area contributed by atoms with E-state index in [0.29, 0.717) is 18.3 Å². The number of hydrogen-bond donors (Lipinski definition) is 4. The number of carbonyl (C=O) groups excluding carboxylic acids is 1. The summed E-state index contributed by atoms with van der Waals surface area (Å²) >= 11 is 1.63. The summed E-state index contributed by atoms with van der Waals surface area (Å²) in [6.45, 7) is 0.530. The van der Waals surface area contributed by atoms with E-state index in [4.69, 9.17) is 15.7 Å². The molecule has 192 valence electrons. The molecule has 7 nitrogen and oxygen atoms in total. The van der Waals surface area contributed by atoms with Gasteiger partial charge in [-0.3, -0.25) is 4.79 Å². The summed E-state index contributed by atoms with van der Waals surface area (Å²) in [4.78, 5) is 24.0. The summed E-state index contributed by atoms with van der Waals surface area (Å²) in [5.74, 6) is 1.14. The Balaban J connectivity index is 1.26. The quantitative estimate of drug-likeness (QED) is 0.229. The minimum absolute atomic E-state index is 0.000698. The van der Waals surface area contributed by atoms with Gasteiger partial charge in [0.2, 0.25) is 11.9 Å². The smallest absolute Gasteiger partial charge is 0.225 e. The monoisotopic (exact) mass is 523 g/mol. The minimum atomic E-state index is -0.270. The number of nitrogens with two attached hydrogens (primary N) is 1. The predicted octanol–water partition coefficient (Wildman–Crippen LogP) is 4.97. The number of rotatable bonds is 9. The van der Waals surface area contributed by atoms with Crippen LogP contribution in [-0.2, 0) is 17.9 Å². The molecule has 8 heteroatoms. The maximum atomic E-state index is 12.3. The third-order valence-corrected chi connectivity index (χ3v) is 8.70. The highest BCUT2D eigenvalue weighted by atomic mass is 32.2. The summed E-state index contributed by atoms with van der Waals surface area (Å²) in [5, 5.41) is 17.6. The van der Waals surface area contributed by atoms with E-state index in [1.165, 1.54) is 0 Å². The lowest BCUT2D eigenvalue weighted by atomic mass is 9.88. The first kappa shape index (κ1) is 24.5. The Bertz CT molecular complexity index is 1520. The van der Waals surface area contributed by atoms with Crippen molar-refractivity contribution in [2.75, 3.05) is 10.6 Å². The first-order valence-corrected chi connectivity index (χ1v) is 13.6. The molecule has 2 aliphatic carbocycles. The van der Waals surface area contributed by atoms with Crippen LogP contribution in [0.3, 0.4) is 0 Å². The van der Waals surface area contributed by atoms with Gasteiger partial charge in [0.15, 0.2) is 0 Å². The Hall–Kier alpha value is -3.88. The number of hydrogen-bond acceptors (Lipinski definition) is 7. The van der Waals surface area contributed by atoms with E-state index in [1.54, 1.807) is 11.8 Å². The fraction of sp³-hybridized carbons (Fsp3) is 0.233. The minimum Gasteiger partial charge on any atom is -0.392 e. The SMILES string of the molecule is NC(=O)[C@@H]1C2C=CC(C2)[C@@H]1Nc1nc(NCc2ccccc2Sc2ccccc2CO)nc2ccccc12. The van der Waals surface area contributed by atoms with Gasteiger partial charge in [-0.1, -0.05) is 72.4 Å². The number of nitrogens with zero attached hydrogens (tertiary/aromatic N) is 2. The van der Waals surface area contributed by atoms with E-state index in [9.17, 15) is 9.90 Å². The Morgan fingerprint density at radius 1 is 0.921 bits per heavy atom. The molecule has 38 heavy (non-hydrogen) atoms. The molecule has 0 radical (unpaired) electrons. The van der Waals surface area contributed by atoms with Crippen molar-refractivity contribution in [1.29, 1.82) is 0 Å². The largest absolute Gasteiger partial charge is 0.392 e. The molecule has 0 saturated heterocycles. The molecular formula is C30H29N5O2S. The number of aliphatic hydroxyl groups excluding tert-OH is 1. The number of allylic oxidation sites excluding steroid dienone is 1. The van der Waals surface area contributed by atoms with Gasteiger partial charge in [-0.25, -0.2) is 4.98 Å². The van der Waals surface area contributed by atoms with Crippen molar-refractivity contribution in [3.63, 3.8) is 0 Å². The second-order valence-corrected chi connectivity index (χ2v) is 10.9. The van der Waals surface area contributed by atoms with Crippen LogP contribution in [0.4, 0.5) is 11.8 Å². The summed E-state index contributed by atoms with van der Waals surface area (Å²) in [7, 11) is 0. The first-order valence-electron chi connectivity index (χ1n) is 12.8. The third-order valence-electron chi connectivity index (χ3n) is 7.47. The maximum Gasteiger partial charge on any atom is 0.225 e. The molecule has 0 aliphatic heterocycles. The molecule has 1 aromatic heterocycles. The Kier molecular flexibility index (Phi) is 6.74. The van der Waals surface area contributed by atoms with Gasteiger partial charge in [-0.2, -0.15) is 4.98 Å². The van der Waals surface area contributed by atoms with Gasteiger partial charge < -0.3 is 21.5 Å². The normalized spacial score (nSPS) is 21.6. The zero-order chi connectivity index (χ0) is 26.1. The molecule has 2 bridgehead atoms. The molecular weight excluding hydrogens is 494 g/mol.